The van der Waals surface area contributed by atoms with E-state index < -0.39 is 5.60 Å². The second kappa shape index (κ2) is 6.19. The van der Waals surface area contributed by atoms with E-state index in [1.54, 1.807) is 5.57 Å². The van der Waals surface area contributed by atoms with Crippen LogP contribution in [0.1, 0.15) is 85.5 Å². The molecular weight excluding hydrogens is 318 g/mol. The van der Waals surface area contributed by atoms with Gasteiger partial charge in [0.2, 0.25) is 0 Å². The molecule has 4 rings (SSSR count). The highest BCUT2D eigenvalue weighted by Gasteiger charge is 2.62. The Bertz CT molecular complexity index is 607. The molecule has 0 saturated heterocycles. The topological polar surface area (TPSA) is 32.6 Å². The first-order valence-corrected chi connectivity index (χ1v) is 11.1. The highest BCUT2D eigenvalue weighted by molar-refractivity contribution is 5.31. The Morgan fingerprint density at radius 2 is 1.85 bits per heavy atom. The molecule has 2 heteroatoms. The fraction of sp³-hybridized carbons (Fsp3) is 0.875. The summed E-state index contributed by atoms with van der Waals surface area (Å²) in [7, 11) is 0. The summed E-state index contributed by atoms with van der Waals surface area (Å²) in [6, 6.07) is 0. The molecule has 0 spiro atoms. The van der Waals surface area contributed by atoms with Crippen molar-refractivity contribution in [1.82, 2.24) is 0 Å². The SMILES string of the molecule is C=N[C@]12CC[C@]3(C)/C(=C/C)CC[C@@H](C)[C@H]3[C@@H]1CC[C@H]1C[C@](C)(O)CC[C@@H]12. The average molecular weight is 358 g/mol. The number of aliphatic imine (C=N–C) groups is 1. The Hall–Kier alpha value is -0.630. The molecule has 4 aliphatic carbocycles. The first-order chi connectivity index (χ1) is 12.3. The van der Waals surface area contributed by atoms with Crippen molar-refractivity contribution in [3.05, 3.63) is 11.6 Å². The van der Waals surface area contributed by atoms with Gasteiger partial charge >= 0.3 is 0 Å². The lowest BCUT2D eigenvalue weighted by atomic mass is 9.41. The smallest absolute Gasteiger partial charge is 0.0663 e. The van der Waals surface area contributed by atoms with Crippen molar-refractivity contribution in [2.45, 2.75) is 96.6 Å². The Kier molecular flexibility index (Phi) is 4.46. The Morgan fingerprint density at radius 3 is 2.54 bits per heavy atom. The van der Waals surface area contributed by atoms with Gasteiger partial charge in [0.05, 0.1) is 11.1 Å². The van der Waals surface area contributed by atoms with Crippen molar-refractivity contribution in [1.29, 1.82) is 0 Å². The molecule has 26 heavy (non-hydrogen) atoms. The molecule has 0 aromatic heterocycles. The van der Waals surface area contributed by atoms with E-state index in [-0.39, 0.29) is 5.54 Å². The maximum absolute atomic E-state index is 10.6. The van der Waals surface area contributed by atoms with Gasteiger partial charge in [0.15, 0.2) is 0 Å². The van der Waals surface area contributed by atoms with Gasteiger partial charge in [-0.05, 0) is 113 Å². The zero-order chi connectivity index (χ0) is 18.7. The third-order valence-electron chi connectivity index (χ3n) is 9.47. The highest BCUT2D eigenvalue weighted by Crippen LogP contribution is 2.66. The Balaban J connectivity index is 1.72. The van der Waals surface area contributed by atoms with Gasteiger partial charge in [-0.15, -0.1) is 0 Å². The summed E-state index contributed by atoms with van der Waals surface area (Å²) >= 11 is 0. The lowest BCUT2D eigenvalue weighted by molar-refractivity contribution is -0.122. The molecule has 2 nitrogen and oxygen atoms in total. The summed E-state index contributed by atoms with van der Waals surface area (Å²) in [5.74, 6) is 3.52. The lowest BCUT2D eigenvalue weighted by Crippen LogP contribution is -2.62. The van der Waals surface area contributed by atoms with Crippen LogP contribution in [0.2, 0.25) is 0 Å². The van der Waals surface area contributed by atoms with Crippen molar-refractivity contribution in [3.63, 3.8) is 0 Å². The molecule has 0 heterocycles. The standard InChI is InChI=1S/C24H39NO/c1-6-18-9-7-16(2)21-20-10-8-17-15-22(3,26)12-11-19(17)24(20,25-5)14-13-23(18,21)4/h6,16-17,19-21,26H,5,7-15H2,1-4H3/b18-6+/t16-,17+,19+,20+,21+,22-,23-,24+/m1/s1. The number of hydrogen-bond acceptors (Lipinski definition) is 2. The minimum Gasteiger partial charge on any atom is -0.390 e. The molecule has 0 radical (unpaired) electrons. The van der Waals surface area contributed by atoms with Crippen molar-refractivity contribution in [2.24, 2.45) is 40.0 Å². The predicted molar refractivity (Wildman–Crippen MR) is 109 cm³/mol. The summed E-state index contributed by atoms with van der Waals surface area (Å²) < 4.78 is 0. The quantitative estimate of drug-likeness (QED) is 0.467. The molecule has 4 saturated carbocycles. The van der Waals surface area contributed by atoms with Crippen LogP contribution in [0.5, 0.6) is 0 Å². The first kappa shape index (κ1) is 18.7. The largest absolute Gasteiger partial charge is 0.390 e. The van der Waals surface area contributed by atoms with Gasteiger partial charge in [0.25, 0.3) is 0 Å². The first-order valence-electron chi connectivity index (χ1n) is 11.1. The van der Waals surface area contributed by atoms with Crippen LogP contribution in [0.25, 0.3) is 0 Å². The van der Waals surface area contributed by atoms with E-state index in [1.807, 2.05) is 6.92 Å². The van der Waals surface area contributed by atoms with Crippen LogP contribution in [0.3, 0.4) is 0 Å². The van der Waals surface area contributed by atoms with Crippen molar-refractivity contribution in [3.8, 4) is 0 Å². The maximum Gasteiger partial charge on any atom is 0.0663 e. The van der Waals surface area contributed by atoms with E-state index in [9.17, 15) is 5.11 Å². The number of nitrogens with zero attached hydrogens (tertiary/aromatic N) is 1. The monoisotopic (exact) mass is 357 g/mol. The molecule has 0 unspecified atom stereocenters. The summed E-state index contributed by atoms with van der Waals surface area (Å²) in [5.41, 5.74) is 1.70. The molecule has 0 aromatic rings. The number of rotatable bonds is 1. The molecule has 4 aliphatic rings. The zero-order valence-electron chi connectivity index (χ0n) is 17.4. The second-order valence-electron chi connectivity index (χ2n) is 10.7. The third kappa shape index (κ3) is 2.50. The maximum atomic E-state index is 10.6. The number of aliphatic hydroxyl groups is 1. The van der Waals surface area contributed by atoms with E-state index in [2.05, 4.69) is 33.6 Å². The molecule has 8 atom stereocenters. The van der Waals surface area contributed by atoms with Gasteiger partial charge in [-0.3, -0.25) is 4.99 Å². The van der Waals surface area contributed by atoms with E-state index in [0.29, 0.717) is 23.2 Å². The van der Waals surface area contributed by atoms with Gasteiger partial charge in [0, 0.05) is 0 Å². The normalized spacial score (nSPS) is 55.6. The predicted octanol–water partition coefficient (Wildman–Crippen LogP) is 5.80. The summed E-state index contributed by atoms with van der Waals surface area (Å²) in [5, 5.41) is 10.6. The molecule has 0 aromatic carbocycles. The summed E-state index contributed by atoms with van der Waals surface area (Å²) in [4.78, 5) is 4.99. The minimum absolute atomic E-state index is 0.0774. The Labute approximate surface area is 160 Å². The van der Waals surface area contributed by atoms with Crippen molar-refractivity contribution >= 4 is 6.72 Å². The van der Waals surface area contributed by atoms with Crippen molar-refractivity contribution in [2.75, 3.05) is 0 Å². The van der Waals surface area contributed by atoms with Crippen LogP contribution in [-0.2, 0) is 0 Å². The fourth-order valence-corrected chi connectivity index (χ4v) is 8.36. The molecule has 0 bridgehead atoms. The van der Waals surface area contributed by atoms with Crippen LogP contribution in [0.4, 0.5) is 0 Å². The summed E-state index contributed by atoms with van der Waals surface area (Å²) in [6.07, 6.45) is 13.2. The van der Waals surface area contributed by atoms with E-state index in [1.165, 1.54) is 38.5 Å². The molecule has 0 aliphatic heterocycles. The number of hydrogen-bond donors (Lipinski definition) is 1. The number of allylic oxidation sites excluding steroid dienone is 2. The van der Waals surface area contributed by atoms with Gasteiger partial charge in [-0.1, -0.05) is 25.5 Å². The summed E-state index contributed by atoms with van der Waals surface area (Å²) in [6.45, 7) is 13.5. The van der Waals surface area contributed by atoms with Crippen LogP contribution < -0.4 is 0 Å². The Morgan fingerprint density at radius 1 is 1.08 bits per heavy atom. The lowest BCUT2D eigenvalue weighted by Gasteiger charge is -2.65. The van der Waals surface area contributed by atoms with Crippen LogP contribution >= 0.6 is 0 Å². The molecular formula is C24H39NO. The second-order valence-corrected chi connectivity index (χ2v) is 10.7. The zero-order valence-corrected chi connectivity index (χ0v) is 17.4. The molecule has 1 N–H and O–H groups in total. The van der Waals surface area contributed by atoms with Gasteiger partial charge in [-0.25, -0.2) is 0 Å². The van der Waals surface area contributed by atoms with E-state index >= 15 is 0 Å². The molecule has 146 valence electrons. The average Bonchev–Trinajstić information content (AvgIpc) is 2.60. The van der Waals surface area contributed by atoms with Gasteiger partial charge in [0.1, 0.15) is 0 Å². The van der Waals surface area contributed by atoms with Gasteiger partial charge in [-0.2, -0.15) is 0 Å². The fourth-order valence-electron chi connectivity index (χ4n) is 8.36. The number of fused-ring (bicyclic) bond motifs is 5. The van der Waals surface area contributed by atoms with E-state index in [0.717, 1.165) is 31.1 Å². The minimum atomic E-state index is -0.463. The van der Waals surface area contributed by atoms with Crippen molar-refractivity contribution < 1.29 is 5.11 Å². The van der Waals surface area contributed by atoms with Crippen LogP contribution in [-0.4, -0.2) is 23.0 Å². The molecule has 4 fully saturated rings. The van der Waals surface area contributed by atoms with Crippen LogP contribution in [0.15, 0.2) is 16.6 Å². The van der Waals surface area contributed by atoms with Crippen LogP contribution in [0, 0.1) is 35.0 Å². The van der Waals surface area contributed by atoms with E-state index in [4.69, 9.17) is 4.99 Å². The highest BCUT2D eigenvalue weighted by atomic mass is 16.3. The molecule has 0 amide bonds. The third-order valence-corrected chi connectivity index (χ3v) is 9.47. The van der Waals surface area contributed by atoms with Gasteiger partial charge < -0.3 is 5.11 Å².